The highest BCUT2D eigenvalue weighted by Crippen LogP contribution is 2.21. The van der Waals surface area contributed by atoms with Crippen LogP contribution in [0.2, 0.25) is 0 Å². The highest BCUT2D eigenvalue weighted by Gasteiger charge is 2.19. The average molecular weight is 443 g/mol. The molecule has 1 amide bonds. The van der Waals surface area contributed by atoms with Gasteiger partial charge in [0.15, 0.2) is 0 Å². The largest absolute Gasteiger partial charge is 0.494 e. The number of amides is 1. The Bertz CT molecular complexity index is 1160. The first kappa shape index (κ1) is 22.3. The summed E-state index contributed by atoms with van der Waals surface area (Å²) in [4.78, 5) is 14.1. The molecule has 0 aliphatic heterocycles. The minimum Gasteiger partial charge on any atom is -0.494 e. The molecule has 8 heteroatoms. The molecule has 0 aromatic heterocycles. The number of nitrogens with zero attached hydrogens (tertiary/aromatic N) is 1. The highest BCUT2D eigenvalue weighted by molar-refractivity contribution is 7.92. The van der Waals surface area contributed by atoms with Gasteiger partial charge in [-0.05, 0) is 55.5 Å². The van der Waals surface area contributed by atoms with Gasteiger partial charge < -0.3 is 9.64 Å². The van der Waals surface area contributed by atoms with E-state index in [0.29, 0.717) is 23.6 Å². The van der Waals surface area contributed by atoms with Crippen LogP contribution in [0.3, 0.4) is 0 Å². The maximum absolute atomic E-state index is 13.9. The summed E-state index contributed by atoms with van der Waals surface area (Å²) in [5.41, 5.74) is 0.935. The van der Waals surface area contributed by atoms with Crippen LogP contribution < -0.4 is 9.46 Å². The molecule has 1 N–H and O–H groups in total. The molecule has 6 nitrogen and oxygen atoms in total. The first-order valence-corrected chi connectivity index (χ1v) is 11.1. The van der Waals surface area contributed by atoms with E-state index in [1.54, 1.807) is 42.5 Å². The number of carbonyl (C=O) groups is 1. The fourth-order valence-corrected chi connectivity index (χ4v) is 4.07. The van der Waals surface area contributed by atoms with Gasteiger partial charge in [-0.25, -0.2) is 12.8 Å². The fraction of sp³-hybridized carbons (Fsp3) is 0.174. The van der Waals surface area contributed by atoms with Crippen molar-refractivity contribution in [3.8, 4) is 5.75 Å². The summed E-state index contributed by atoms with van der Waals surface area (Å²) in [6.07, 6.45) is 0. The van der Waals surface area contributed by atoms with E-state index in [1.807, 2.05) is 6.92 Å². The number of carbonyl (C=O) groups excluding carboxylic acids is 1. The third-order valence-electron chi connectivity index (χ3n) is 4.52. The van der Waals surface area contributed by atoms with Gasteiger partial charge >= 0.3 is 0 Å². The smallest absolute Gasteiger partial charge is 0.261 e. The van der Waals surface area contributed by atoms with E-state index in [1.165, 1.54) is 42.3 Å². The lowest BCUT2D eigenvalue weighted by molar-refractivity contribution is 0.0783. The Hall–Kier alpha value is -3.39. The summed E-state index contributed by atoms with van der Waals surface area (Å²) < 4.78 is 47.3. The monoisotopic (exact) mass is 442 g/mol. The van der Waals surface area contributed by atoms with Crippen molar-refractivity contribution in [1.29, 1.82) is 0 Å². The van der Waals surface area contributed by atoms with E-state index in [-0.39, 0.29) is 17.0 Å². The van der Waals surface area contributed by atoms with Gasteiger partial charge in [0.2, 0.25) is 0 Å². The van der Waals surface area contributed by atoms with Crippen LogP contribution in [-0.2, 0) is 16.6 Å². The molecule has 0 bridgehead atoms. The second-order valence-corrected chi connectivity index (χ2v) is 8.53. The topological polar surface area (TPSA) is 75.7 Å². The molecule has 0 aliphatic rings. The third kappa shape index (κ3) is 5.61. The summed E-state index contributed by atoms with van der Waals surface area (Å²) in [6, 6.07) is 18.4. The molecule has 0 unspecified atom stereocenters. The van der Waals surface area contributed by atoms with E-state index >= 15 is 0 Å². The molecule has 0 heterocycles. The van der Waals surface area contributed by atoms with Gasteiger partial charge in [-0.15, -0.1) is 0 Å². The summed E-state index contributed by atoms with van der Waals surface area (Å²) >= 11 is 0. The molecule has 0 fully saturated rings. The highest BCUT2D eigenvalue weighted by atomic mass is 32.2. The van der Waals surface area contributed by atoms with Crippen LogP contribution in [-0.4, -0.2) is 32.9 Å². The molecule has 3 rings (SSSR count). The zero-order valence-electron chi connectivity index (χ0n) is 17.2. The predicted molar refractivity (Wildman–Crippen MR) is 117 cm³/mol. The van der Waals surface area contributed by atoms with Gasteiger partial charge in [0.25, 0.3) is 15.9 Å². The van der Waals surface area contributed by atoms with Crippen molar-refractivity contribution in [3.63, 3.8) is 0 Å². The van der Waals surface area contributed by atoms with E-state index in [2.05, 4.69) is 4.72 Å². The Morgan fingerprint density at radius 1 is 1.03 bits per heavy atom. The molecule has 3 aromatic carbocycles. The third-order valence-corrected chi connectivity index (χ3v) is 5.90. The van der Waals surface area contributed by atoms with Crippen molar-refractivity contribution < 1.29 is 22.3 Å². The van der Waals surface area contributed by atoms with Crippen LogP contribution in [0, 0.1) is 5.82 Å². The second-order valence-electron chi connectivity index (χ2n) is 6.84. The number of rotatable bonds is 8. The lowest BCUT2D eigenvalue weighted by atomic mass is 10.1. The maximum atomic E-state index is 13.9. The molecule has 3 aromatic rings. The van der Waals surface area contributed by atoms with E-state index in [9.17, 15) is 17.6 Å². The van der Waals surface area contributed by atoms with Crippen LogP contribution in [0.15, 0.2) is 77.7 Å². The zero-order valence-corrected chi connectivity index (χ0v) is 18.0. The number of benzene rings is 3. The number of ether oxygens (including phenoxy) is 1. The minimum atomic E-state index is -3.91. The van der Waals surface area contributed by atoms with Crippen molar-refractivity contribution in [2.75, 3.05) is 18.4 Å². The second kappa shape index (κ2) is 9.61. The van der Waals surface area contributed by atoms with Gasteiger partial charge in [-0.3, -0.25) is 9.52 Å². The summed E-state index contributed by atoms with van der Waals surface area (Å²) in [5.74, 6) is -0.185. The molecular weight excluding hydrogens is 419 g/mol. The van der Waals surface area contributed by atoms with Crippen molar-refractivity contribution in [2.24, 2.45) is 0 Å². The number of halogens is 1. The molecule has 0 spiro atoms. The Morgan fingerprint density at radius 2 is 1.74 bits per heavy atom. The average Bonchev–Trinajstić information content (AvgIpc) is 2.76. The number of anilines is 1. The molecule has 0 saturated heterocycles. The Morgan fingerprint density at radius 3 is 2.42 bits per heavy atom. The van der Waals surface area contributed by atoms with E-state index in [0.717, 1.165) is 0 Å². The molecule has 0 radical (unpaired) electrons. The van der Waals surface area contributed by atoms with E-state index in [4.69, 9.17) is 4.74 Å². The Balaban J connectivity index is 1.76. The first-order valence-electron chi connectivity index (χ1n) is 9.65. The van der Waals surface area contributed by atoms with Crippen molar-refractivity contribution in [1.82, 2.24) is 4.90 Å². The van der Waals surface area contributed by atoms with Crippen LogP contribution in [0.1, 0.15) is 22.8 Å². The fourth-order valence-electron chi connectivity index (χ4n) is 2.97. The zero-order chi connectivity index (χ0) is 22.4. The lowest BCUT2D eigenvalue weighted by Crippen LogP contribution is -2.27. The van der Waals surface area contributed by atoms with Gasteiger partial charge in [0.05, 0.1) is 11.5 Å². The standard InChI is InChI=1S/C23H23FN2O4S/c1-3-30-20-13-11-19(12-14-20)25-31(28,29)21-9-6-8-17(15-21)23(27)26(2)16-18-7-4-5-10-22(18)24/h4-15,25H,3,16H2,1-2H3. The number of sulfonamides is 1. The quantitative estimate of drug-likeness (QED) is 0.565. The summed E-state index contributed by atoms with van der Waals surface area (Å²) in [6.45, 7) is 2.43. The van der Waals surface area contributed by atoms with Crippen molar-refractivity contribution in [3.05, 3.63) is 89.7 Å². The van der Waals surface area contributed by atoms with Crippen LogP contribution in [0.4, 0.5) is 10.1 Å². The Labute approximate surface area is 181 Å². The van der Waals surface area contributed by atoms with Crippen molar-refractivity contribution >= 4 is 21.6 Å². The molecule has 162 valence electrons. The lowest BCUT2D eigenvalue weighted by Gasteiger charge is -2.18. The molecule has 0 aliphatic carbocycles. The van der Waals surface area contributed by atoms with Gasteiger partial charge in [0, 0.05) is 30.4 Å². The molecule has 0 atom stereocenters. The van der Waals surface area contributed by atoms with Gasteiger partial charge in [-0.2, -0.15) is 0 Å². The summed E-state index contributed by atoms with van der Waals surface area (Å²) in [5, 5.41) is 0. The number of nitrogens with one attached hydrogen (secondary N) is 1. The Kier molecular flexibility index (Phi) is 6.91. The van der Waals surface area contributed by atoms with Crippen LogP contribution in [0.25, 0.3) is 0 Å². The number of hydrogen-bond donors (Lipinski definition) is 1. The predicted octanol–water partition coefficient (Wildman–Crippen LogP) is 4.30. The first-order chi connectivity index (χ1) is 14.8. The van der Waals surface area contributed by atoms with Crippen LogP contribution in [0.5, 0.6) is 5.75 Å². The van der Waals surface area contributed by atoms with Gasteiger partial charge in [0.1, 0.15) is 11.6 Å². The van der Waals surface area contributed by atoms with Gasteiger partial charge in [-0.1, -0.05) is 24.3 Å². The maximum Gasteiger partial charge on any atom is 0.261 e. The molecule has 0 saturated carbocycles. The molecular formula is C23H23FN2O4S. The van der Waals surface area contributed by atoms with Crippen LogP contribution >= 0.6 is 0 Å². The molecule has 31 heavy (non-hydrogen) atoms. The summed E-state index contributed by atoms with van der Waals surface area (Å²) in [7, 11) is -2.37. The van der Waals surface area contributed by atoms with E-state index < -0.39 is 21.7 Å². The SMILES string of the molecule is CCOc1ccc(NS(=O)(=O)c2cccc(C(=O)N(C)Cc3ccccc3F)c2)cc1. The normalized spacial score (nSPS) is 11.1. The minimum absolute atomic E-state index is 0.0495. The van der Waals surface area contributed by atoms with Crippen molar-refractivity contribution in [2.45, 2.75) is 18.4 Å². The number of hydrogen-bond acceptors (Lipinski definition) is 4.